The summed E-state index contributed by atoms with van der Waals surface area (Å²) in [6.07, 6.45) is 0. The first-order chi connectivity index (χ1) is 7.94. The van der Waals surface area contributed by atoms with Crippen molar-refractivity contribution < 1.29 is 19.4 Å². The van der Waals surface area contributed by atoms with E-state index in [0.717, 1.165) is 0 Å². The summed E-state index contributed by atoms with van der Waals surface area (Å²) in [5, 5.41) is 14.9. The van der Waals surface area contributed by atoms with E-state index in [0.29, 0.717) is 0 Å². The van der Waals surface area contributed by atoms with E-state index in [2.05, 4.69) is 10.6 Å². The molecule has 1 atom stereocenters. The standard InChI is InChI=1S/C12H24N2O4/c1-8(2)14-10(16)13-7-12(6,17)9(15)18-11(3,4)5/h8,17H,7H2,1-6H3,(H2,13,14,16). The van der Waals surface area contributed by atoms with Crippen molar-refractivity contribution in [1.29, 1.82) is 0 Å². The van der Waals surface area contributed by atoms with Gasteiger partial charge in [-0.25, -0.2) is 9.59 Å². The van der Waals surface area contributed by atoms with Gasteiger partial charge in [-0.1, -0.05) is 0 Å². The molecule has 2 amide bonds. The molecule has 106 valence electrons. The number of rotatable bonds is 4. The van der Waals surface area contributed by atoms with Gasteiger partial charge in [0.1, 0.15) is 5.60 Å². The first kappa shape index (κ1) is 16.7. The molecule has 0 spiro atoms. The number of aliphatic hydroxyl groups is 1. The Bertz CT molecular complexity index is 306. The van der Waals surface area contributed by atoms with Crippen LogP contribution in [0.2, 0.25) is 0 Å². The molecule has 0 aliphatic rings. The molecule has 0 heterocycles. The van der Waals surface area contributed by atoms with E-state index in [1.807, 2.05) is 13.8 Å². The smallest absolute Gasteiger partial charge is 0.340 e. The second kappa shape index (κ2) is 6.04. The van der Waals surface area contributed by atoms with Gasteiger partial charge in [0.25, 0.3) is 0 Å². The molecule has 6 heteroatoms. The Balaban J connectivity index is 4.30. The molecular formula is C12H24N2O4. The van der Waals surface area contributed by atoms with Crippen LogP contribution in [0.3, 0.4) is 0 Å². The van der Waals surface area contributed by atoms with Gasteiger partial charge in [-0.15, -0.1) is 0 Å². The van der Waals surface area contributed by atoms with Crippen molar-refractivity contribution in [3.8, 4) is 0 Å². The molecule has 18 heavy (non-hydrogen) atoms. The summed E-state index contributed by atoms with van der Waals surface area (Å²) in [4.78, 5) is 23.0. The molecule has 0 radical (unpaired) electrons. The van der Waals surface area contributed by atoms with Crippen LogP contribution < -0.4 is 10.6 Å². The zero-order valence-corrected chi connectivity index (χ0v) is 12.0. The van der Waals surface area contributed by atoms with Crippen LogP contribution in [0.1, 0.15) is 41.5 Å². The fraction of sp³-hybridized carbons (Fsp3) is 0.833. The third-order valence-corrected chi connectivity index (χ3v) is 1.85. The van der Waals surface area contributed by atoms with Gasteiger partial charge in [0.2, 0.25) is 0 Å². The zero-order valence-electron chi connectivity index (χ0n) is 12.0. The Hall–Kier alpha value is -1.30. The molecule has 0 saturated carbocycles. The Kier molecular flexibility index (Phi) is 5.60. The predicted molar refractivity (Wildman–Crippen MR) is 68.1 cm³/mol. The normalized spacial score (nSPS) is 14.9. The Morgan fingerprint density at radius 2 is 1.72 bits per heavy atom. The van der Waals surface area contributed by atoms with E-state index in [4.69, 9.17) is 4.74 Å². The molecule has 0 aliphatic heterocycles. The maximum atomic E-state index is 11.7. The average molecular weight is 260 g/mol. The van der Waals surface area contributed by atoms with Gasteiger partial charge in [-0.05, 0) is 41.5 Å². The van der Waals surface area contributed by atoms with E-state index in [-0.39, 0.29) is 12.6 Å². The first-order valence-electron chi connectivity index (χ1n) is 5.94. The molecular weight excluding hydrogens is 236 g/mol. The summed E-state index contributed by atoms with van der Waals surface area (Å²) in [5.74, 6) is -0.764. The van der Waals surface area contributed by atoms with E-state index in [1.54, 1.807) is 20.8 Å². The van der Waals surface area contributed by atoms with Crippen LogP contribution in [0.4, 0.5) is 4.79 Å². The molecule has 0 aromatic rings. The average Bonchev–Trinajstić information content (AvgIpc) is 2.11. The van der Waals surface area contributed by atoms with Crippen LogP contribution in [0.5, 0.6) is 0 Å². The number of hydrogen-bond acceptors (Lipinski definition) is 4. The third-order valence-electron chi connectivity index (χ3n) is 1.85. The highest BCUT2D eigenvalue weighted by atomic mass is 16.6. The van der Waals surface area contributed by atoms with Gasteiger partial charge in [0.05, 0.1) is 6.54 Å². The van der Waals surface area contributed by atoms with Crippen LogP contribution in [-0.4, -0.2) is 40.9 Å². The summed E-state index contributed by atoms with van der Waals surface area (Å²) in [7, 11) is 0. The molecule has 6 nitrogen and oxygen atoms in total. The lowest BCUT2D eigenvalue weighted by Gasteiger charge is -2.27. The van der Waals surface area contributed by atoms with Gasteiger partial charge >= 0.3 is 12.0 Å². The minimum absolute atomic E-state index is 0.0172. The van der Waals surface area contributed by atoms with Crippen LogP contribution in [-0.2, 0) is 9.53 Å². The number of nitrogens with one attached hydrogen (secondary N) is 2. The Morgan fingerprint density at radius 1 is 1.22 bits per heavy atom. The lowest BCUT2D eigenvalue weighted by molar-refractivity contribution is -0.174. The first-order valence-corrected chi connectivity index (χ1v) is 5.94. The lowest BCUT2D eigenvalue weighted by atomic mass is 10.1. The quantitative estimate of drug-likeness (QED) is 0.652. The van der Waals surface area contributed by atoms with E-state index in [1.165, 1.54) is 6.92 Å². The van der Waals surface area contributed by atoms with Crippen molar-refractivity contribution in [2.45, 2.75) is 58.8 Å². The number of ether oxygens (including phenoxy) is 1. The van der Waals surface area contributed by atoms with Crippen molar-refractivity contribution in [2.24, 2.45) is 0 Å². The summed E-state index contributed by atoms with van der Waals surface area (Å²) >= 11 is 0. The molecule has 0 fully saturated rings. The highest BCUT2D eigenvalue weighted by Gasteiger charge is 2.35. The summed E-state index contributed by atoms with van der Waals surface area (Å²) in [6, 6.07) is -0.453. The number of hydrogen-bond donors (Lipinski definition) is 3. The lowest BCUT2D eigenvalue weighted by Crippen LogP contribution is -2.51. The molecule has 0 aromatic carbocycles. The fourth-order valence-corrected chi connectivity index (χ4v) is 1.03. The van der Waals surface area contributed by atoms with Gasteiger partial charge in [-0.2, -0.15) is 0 Å². The highest BCUT2D eigenvalue weighted by Crippen LogP contribution is 2.13. The van der Waals surface area contributed by atoms with E-state index < -0.39 is 23.2 Å². The van der Waals surface area contributed by atoms with Crippen molar-refractivity contribution in [1.82, 2.24) is 10.6 Å². The highest BCUT2D eigenvalue weighted by molar-refractivity contribution is 5.81. The monoisotopic (exact) mass is 260 g/mol. The minimum Gasteiger partial charge on any atom is -0.458 e. The van der Waals surface area contributed by atoms with E-state index >= 15 is 0 Å². The van der Waals surface area contributed by atoms with Crippen LogP contribution in [0.15, 0.2) is 0 Å². The minimum atomic E-state index is -1.75. The fourth-order valence-electron chi connectivity index (χ4n) is 1.03. The Morgan fingerprint density at radius 3 is 2.11 bits per heavy atom. The van der Waals surface area contributed by atoms with Gasteiger partial charge < -0.3 is 20.5 Å². The van der Waals surface area contributed by atoms with E-state index in [9.17, 15) is 14.7 Å². The molecule has 3 N–H and O–H groups in total. The Labute approximate surface area is 108 Å². The second-order valence-electron chi connectivity index (χ2n) is 5.76. The van der Waals surface area contributed by atoms with Crippen molar-refractivity contribution in [2.75, 3.05) is 6.54 Å². The van der Waals surface area contributed by atoms with Gasteiger partial charge in [0, 0.05) is 6.04 Å². The molecule has 0 aromatic heterocycles. The number of amides is 2. The summed E-state index contributed by atoms with van der Waals surface area (Å²) in [6.45, 7) is 9.84. The van der Waals surface area contributed by atoms with Crippen LogP contribution in [0.25, 0.3) is 0 Å². The maximum Gasteiger partial charge on any atom is 0.340 e. The van der Waals surface area contributed by atoms with Gasteiger partial charge in [-0.3, -0.25) is 0 Å². The van der Waals surface area contributed by atoms with Crippen molar-refractivity contribution >= 4 is 12.0 Å². The topological polar surface area (TPSA) is 87.7 Å². The zero-order chi connectivity index (χ0) is 14.6. The number of esters is 1. The number of carbonyl (C=O) groups excluding carboxylic acids is 2. The van der Waals surface area contributed by atoms with Crippen molar-refractivity contribution in [3.63, 3.8) is 0 Å². The summed E-state index contributed by atoms with van der Waals surface area (Å²) < 4.78 is 5.06. The number of urea groups is 1. The SMILES string of the molecule is CC(C)NC(=O)NCC(C)(O)C(=O)OC(C)(C)C. The third kappa shape index (κ3) is 7.11. The maximum absolute atomic E-state index is 11.7. The molecule has 0 bridgehead atoms. The summed E-state index contributed by atoms with van der Waals surface area (Å²) in [5.41, 5.74) is -2.43. The molecule has 0 rings (SSSR count). The molecule has 0 aliphatic carbocycles. The molecule has 0 saturated heterocycles. The largest absolute Gasteiger partial charge is 0.458 e. The van der Waals surface area contributed by atoms with Crippen LogP contribution >= 0.6 is 0 Å². The second-order valence-corrected chi connectivity index (χ2v) is 5.76. The van der Waals surface area contributed by atoms with Crippen molar-refractivity contribution in [3.05, 3.63) is 0 Å². The number of carbonyl (C=O) groups is 2. The molecule has 1 unspecified atom stereocenters. The predicted octanol–water partition coefficient (Wildman–Crippen LogP) is 0.787. The van der Waals surface area contributed by atoms with Gasteiger partial charge in [0.15, 0.2) is 5.60 Å². The van der Waals surface area contributed by atoms with Crippen LogP contribution in [0, 0.1) is 0 Å².